The van der Waals surface area contributed by atoms with Gasteiger partial charge in [0.1, 0.15) is 11.9 Å². The van der Waals surface area contributed by atoms with E-state index in [1.165, 1.54) is 12.3 Å². The summed E-state index contributed by atoms with van der Waals surface area (Å²) >= 11 is 5.70. The summed E-state index contributed by atoms with van der Waals surface area (Å²) in [6, 6.07) is 4.76. The predicted octanol–water partition coefficient (Wildman–Crippen LogP) is 3.29. The van der Waals surface area contributed by atoms with Crippen LogP contribution in [0.2, 0.25) is 5.02 Å². The molecule has 0 aliphatic heterocycles. The highest BCUT2D eigenvalue weighted by Crippen LogP contribution is 2.30. The van der Waals surface area contributed by atoms with E-state index in [9.17, 15) is 13.9 Å². The van der Waals surface area contributed by atoms with Crippen LogP contribution in [0.4, 0.5) is 8.78 Å². The lowest BCUT2D eigenvalue weighted by atomic mass is 10.1. The standard InChI is InChI=1S/C11H7ClF2O2/c12-7-5-9(14)8(13)4-6(7)11(15)10-2-1-3-16-10/h1-5,11,15H. The molecule has 1 N–H and O–H groups in total. The van der Waals surface area contributed by atoms with Gasteiger partial charge in [0, 0.05) is 10.6 Å². The Morgan fingerprint density at radius 3 is 2.56 bits per heavy atom. The number of rotatable bonds is 2. The summed E-state index contributed by atoms with van der Waals surface area (Å²) in [4.78, 5) is 0. The first-order chi connectivity index (χ1) is 7.59. The Bertz CT molecular complexity index is 497. The van der Waals surface area contributed by atoms with Crippen LogP contribution >= 0.6 is 11.6 Å². The summed E-state index contributed by atoms with van der Waals surface area (Å²) in [6.45, 7) is 0. The van der Waals surface area contributed by atoms with E-state index in [-0.39, 0.29) is 16.3 Å². The molecule has 0 radical (unpaired) electrons. The van der Waals surface area contributed by atoms with Crippen LogP contribution in [0.15, 0.2) is 34.9 Å². The molecule has 1 heterocycles. The summed E-state index contributed by atoms with van der Waals surface area (Å²) in [6.07, 6.45) is 0.157. The predicted molar refractivity (Wildman–Crippen MR) is 54.1 cm³/mol. The maximum Gasteiger partial charge on any atom is 0.160 e. The molecular weight excluding hydrogens is 238 g/mol. The smallest absolute Gasteiger partial charge is 0.160 e. The molecule has 84 valence electrons. The quantitative estimate of drug-likeness (QED) is 0.823. The maximum absolute atomic E-state index is 13.0. The topological polar surface area (TPSA) is 33.4 Å². The third-order valence-corrected chi connectivity index (χ3v) is 2.47. The van der Waals surface area contributed by atoms with Crippen molar-refractivity contribution in [3.8, 4) is 0 Å². The molecule has 0 aliphatic carbocycles. The average Bonchev–Trinajstić information content (AvgIpc) is 2.75. The van der Waals surface area contributed by atoms with Crippen molar-refractivity contribution in [2.75, 3.05) is 0 Å². The van der Waals surface area contributed by atoms with Crippen molar-refractivity contribution < 1.29 is 18.3 Å². The highest BCUT2D eigenvalue weighted by Gasteiger charge is 2.19. The zero-order chi connectivity index (χ0) is 11.7. The monoisotopic (exact) mass is 244 g/mol. The second kappa shape index (κ2) is 4.23. The van der Waals surface area contributed by atoms with Crippen molar-refractivity contribution in [3.63, 3.8) is 0 Å². The molecular formula is C11H7ClF2O2. The Balaban J connectivity index is 2.44. The number of furan rings is 1. The van der Waals surface area contributed by atoms with Gasteiger partial charge in [0.2, 0.25) is 0 Å². The van der Waals surface area contributed by atoms with Gasteiger partial charge >= 0.3 is 0 Å². The van der Waals surface area contributed by atoms with Crippen molar-refractivity contribution in [3.05, 3.63) is 58.5 Å². The van der Waals surface area contributed by atoms with E-state index in [0.717, 1.165) is 12.1 Å². The molecule has 0 saturated heterocycles. The summed E-state index contributed by atoms with van der Waals surface area (Å²) < 4.78 is 30.7. The van der Waals surface area contributed by atoms with Crippen molar-refractivity contribution in [1.82, 2.24) is 0 Å². The minimum atomic E-state index is -1.21. The first kappa shape index (κ1) is 11.1. The van der Waals surface area contributed by atoms with E-state index < -0.39 is 17.7 Å². The summed E-state index contributed by atoms with van der Waals surface area (Å²) in [7, 11) is 0. The largest absolute Gasteiger partial charge is 0.466 e. The molecule has 1 aromatic heterocycles. The molecule has 1 unspecified atom stereocenters. The highest BCUT2D eigenvalue weighted by atomic mass is 35.5. The van der Waals surface area contributed by atoms with Gasteiger partial charge in [0.25, 0.3) is 0 Å². The number of hydrogen-bond donors (Lipinski definition) is 1. The molecule has 1 atom stereocenters. The second-order valence-corrected chi connectivity index (χ2v) is 3.61. The van der Waals surface area contributed by atoms with Crippen molar-refractivity contribution in [2.24, 2.45) is 0 Å². The lowest BCUT2D eigenvalue weighted by molar-refractivity contribution is 0.189. The fourth-order valence-corrected chi connectivity index (χ4v) is 1.60. The van der Waals surface area contributed by atoms with Crippen LogP contribution in [0.25, 0.3) is 0 Å². The molecule has 1 aromatic carbocycles. The van der Waals surface area contributed by atoms with Crippen LogP contribution in [-0.2, 0) is 0 Å². The maximum atomic E-state index is 13.0. The van der Waals surface area contributed by atoms with Gasteiger partial charge < -0.3 is 9.52 Å². The summed E-state index contributed by atoms with van der Waals surface area (Å²) in [5.41, 5.74) is 0.0653. The fourth-order valence-electron chi connectivity index (χ4n) is 1.35. The molecule has 0 amide bonds. The minimum Gasteiger partial charge on any atom is -0.466 e. The van der Waals surface area contributed by atoms with Gasteiger partial charge in [-0.05, 0) is 24.3 Å². The Morgan fingerprint density at radius 2 is 1.94 bits per heavy atom. The lowest BCUT2D eigenvalue weighted by Gasteiger charge is -2.10. The van der Waals surface area contributed by atoms with Crippen molar-refractivity contribution >= 4 is 11.6 Å². The van der Waals surface area contributed by atoms with E-state index in [0.29, 0.717) is 0 Å². The molecule has 2 nitrogen and oxygen atoms in total. The summed E-state index contributed by atoms with van der Waals surface area (Å²) in [5, 5.41) is 9.76. The molecule has 0 spiro atoms. The number of halogens is 3. The Hall–Kier alpha value is -1.39. The molecule has 16 heavy (non-hydrogen) atoms. The van der Waals surface area contributed by atoms with Gasteiger partial charge in [0.15, 0.2) is 11.6 Å². The van der Waals surface area contributed by atoms with Crippen molar-refractivity contribution in [1.29, 1.82) is 0 Å². The first-order valence-electron chi connectivity index (χ1n) is 4.45. The normalized spacial score (nSPS) is 12.8. The lowest BCUT2D eigenvalue weighted by Crippen LogP contribution is -2.01. The zero-order valence-corrected chi connectivity index (χ0v) is 8.71. The van der Waals surface area contributed by atoms with Crippen LogP contribution in [0.5, 0.6) is 0 Å². The molecule has 5 heteroatoms. The zero-order valence-electron chi connectivity index (χ0n) is 7.95. The van der Waals surface area contributed by atoms with Gasteiger partial charge in [-0.25, -0.2) is 8.78 Å². The van der Waals surface area contributed by atoms with Gasteiger partial charge in [-0.2, -0.15) is 0 Å². The molecule has 0 fully saturated rings. The Kier molecular flexibility index (Phi) is 2.94. The Labute approximate surface area is 95.1 Å². The average molecular weight is 245 g/mol. The van der Waals surface area contributed by atoms with Gasteiger partial charge in [-0.3, -0.25) is 0 Å². The Morgan fingerprint density at radius 1 is 1.25 bits per heavy atom. The van der Waals surface area contributed by atoms with Gasteiger partial charge in [-0.15, -0.1) is 0 Å². The SMILES string of the molecule is OC(c1ccco1)c1cc(F)c(F)cc1Cl. The fraction of sp³-hybridized carbons (Fsp3) is 0.0909. The minimum absolute atomic E-state index is 0.0530. The van der Waals surface area contributed by atoms with E-state index in [4.69, 9.17) is 16.0 Å². The van der Waals surface area contributed by atoms with Gasteiger partial charge in [-0.1, -0.05) is 11.6 Å². The van der Waals surface area contributed by atoms with Crippen LogP contribution in [0.3, 0.4) is 0 Å². The van der Waals surface area contributed by atoms with Gasteiger partial charge in [0.05, 0.1) is 6.26 Å². The second-order valence-electron chi connectivity index (χ2n) is 3.21. The molecule has 2 rings (SSSR count). The van der Waals surface area contributed by atoms with E-state index >= 15 is 0 Å². The summed E-state index contributed by atoms with van der Waals surface area (Å²) in [5.74, 6) is -1.90. The number of aliphatic hydroxyl groups excluding tert-OH is 1. The van der Waals surface area contributed by atoms with Crippen LogP contribution in [-0.4, -0.2) is 5.11 Å². The number of aliphatic hydroxyl groups is 1. The number of hydrogen-bond acceptors (Lipinski definition) is 2. The molecule has 0 saturated carbocycles. The third kappa shape index (κ3) is 1.94. The number of benzene rings is 1. The van der Waals surface area contributed by atoms with E-state index in [2.05, 4.69) is 0 Å². The first-order valence-corrected chi connectivity index (χ1v) is 4.83. The van der Waals surface area contributed by atoms with Crippen LogP contribution < -0.4 is 0 Å². The van der Waals surface area contributed by atoms with Crippen LogP contribution in [0.1, 0.15) is 17.4 Å². The molecule has 2 aromatic rings. The van der Waals surface area contributed by atoms with Crippen LogP contribution in [0, 0.1) is 11.6 Å². The molecule has 0 aliphatic rings. The highest BCUT2D eigenvalue weighted by molar-refractivity contribution is 6.31. The third-order valence-electron chi connectivity index (χ3n) is 2.15. The van der Waals surface area contributed by atoms with E-state index in [1.54, 1.807) is 6.07 Å². The van der Waals surface area contributed by atoms with Crippen molar-refractivity contribution in [2.45, 2.75) is 6.10 Å². The molecule has 0 bridgehead atoms. The van der Waals surface area contributed by atoms with E-state index in [1.807, 2.05) is 0 Å².